The molecule has 0 saturated carbocycles. The number of unbranched alkanes of at least 4 members (excludes halogenated alkanes) is 15. The third kappa shape index (κ3) is 14.9. The molecule has 0 amide bonds. The van der Waals surface area contributed by atoms with Crippen molar-refractivity contribution >= 4 is 19.2 Å². The number of hydrogen-bond acceptors (Lipinski definition) is 12. The van der Waals surface area contributed by atoms with Gasteiger partial charge in [0.25, 0.3) is 0 Å². The second-order valence-electron chi connectivity index (χ2n) is 14.3. The van der Waals surface area contributed by atoms with Gasteiger partial charge in [-0.15, -0.1) is 0 Å². The Labute approximate surface area is 327 Å². The molecule has 0 bridgehead atoms. The quantitative estimate of drug-likeness (QED) is 0.0523. The number of fused-ring (bicyclic) bond motifs is 1. The van der Waals surface area contributed by atoms with Crippen LogP contribution in [0, 0.1) is 11.3 Å². The van der Waals surface area contributed by atoms with E-state index in [-0.39, 0.29) is 37.4 Å². The van der Waals surface area contributed by atoms with Crippen molar-refractivity contribution < 1.29 is 45.9 Å². The SMILES string of the molecule is CCCCCCCCCCCCCCCCCCOC[C@H](COP(=O)(O)O[C@@H]1CC[C@](C#N)(c2ccc3c(N)ncnn23)O1)OCc1cnc(C(F)(F)F)nc1. The van der Waals surface area contributed by atoms with Gasteiger partial charge in [-0.25, -0.2) is 24.0 Å². The number of nitrogens with zero attached hydrogens (tertiary/aromatic N) is 6. The molecule has 4 heterocycles. The van der Waals surface area contributed by atoms with E-state index in [1.807, 2.05) is 0 Å². The van der Waals surface area contributed by atoms with E-state index in [1.165, 1.54) is 94.3 Å². The molecule has 4 atom stereocenters. The highest BCUT2D eigenvalue weighted by molar-refractivity contribution is 7.47. The third-order valence-electron chi connectivity index (χ3n) is 9.71. The Morgan fingerprint density at radius 2 is 1.59 bits per heavy atom. The fourth-order valence-electron chi connectivity index (χ4n) is 6.58. The van der Waals surface area contributed by atoms with Crippen LogP contribution in [0.3, 0.4) is 0 Å². The van der Waals surface area contributed by atoms with Gasteiger partial charge in [-0.1, -0.05) is 103 Å². The second-order valence-corrected chi connectivity index (χ2v) is 15.7. The zero-order valence-electron chi connectivity index (χ0n) is 32.3. The van der Waals surface area contributed by atoms with E-state index < -0.39 is 44.4 Å². The molecule has 1 unspecified atom stereocenters. The Morgan fingerprint density at radius 3 is 2.18 bits per heavy atom. The molecule has 0 aliphatic carbocycles. The van der Waals surface area contributed by atoms with Crippen molar-refractivity contribution in [3.8, 4) is 6.07 Å². The van der Waals surface area contributed by atoms with Crippen LogP contribution >= 0.6 is 7.82 Å². The van der Waals surface area contributed by atoms with Crippen LogP contribution in [0.2, 0.25) is 0 Å². The maximum absolute atomic E-state index is 13.0. The fourth-order valence-corrected chi connectivity index (χ4v) is 7.44. The van der Waals surface area contributed by atoms with Crippen LogP contribution in [0.5, 0.6) is 0 Å². The first kappa shape index (κ1) is 45.5. The molecule has 312 valence electrons. The number of nitriles is 1. The molecule has 14 nitrogen and oxygen atoms in total. The molecule has 18 heteroatoms. The number of aromatic nitrogens is 5. The molecule has 3 aromatic heterocycles. The number of phosphoric acid groups is 1. The van der Waals surface area contributed by atoms with Gasteiger partial charge in [-0.05, 0) is 18.6 Å². The molecule has 3 N–H and O–H groups in total. The van der Waals surface area contributed by atoms with Crippen molar-refractivity contribution in [3.63, 3.8) is 0 Å². The van der Waals surface area contributed by atoms with Crippen molar-refractivity contribution in [2.24, 2.45) is 0 Å². The van der Waals surface area contributed by atoms with Crippen LogP contribution in [0.15, 0.2) is 30.9 Å². The molecule has 0 aromatic carbocycles. The molecule has 1 aliphatic heterocycles. The van der Waals surface area contributed by atoms with Crippen LogP contribution in [0.4, 0.5) is 19.0 Å². The van der Waals surface area contributed by atoms with Crippen molar-refractivity contribution in [1.29, 1.82) is 5.26 Å². The lowest BCUT2D eigenvalue weighted by molar-refractivity contribution is -0.145. The molecule has 56 heavy (non-hydrogen) atoms. The highest BCUT2D eigenvalue weighted by Crippen LogP contribution is 2.50. The maximum atomic E-state index is 13.0. The van der Waals surface area contributed by atoms with Crippen molar-refractivity contribution in [2.45, 2.75) is 153 Å². The molecule has 3 aromatic rings. The van der Waals surface area contributed by atoms with Crippen LogP contribution in [-0.4, -0.2) is 61.7 Å². The van der Waals surface area contributed by atoms with E-state index in [1.54, 1.807) is 12.1 Å². The van der Waals surface area contributed by atoms with Gasteiger partial charge >= 0.3 is 14.0 Å². The number of alkyl halides is 3. The smallest absolute Gasteiger partial charge is 0.382 e. The minimum Gasteiger partial charge on any atom is -0.382 e. The van der Waals surface area contributed by atoms with E-state index in [9.17, 15) is 27.9 Å². The third-order valence-corrected chi connectivity index (χ3v) is 10.7. The highest BCUT2D eigenvalue weighted by Gasteiger charge is 2.47. The maximum Gasteiger partial charge on any atom is 0.474 e. The molecule has 0 radical (unpaired) electrons. The summed E-state index contributed by atoms with van der Waals surface area (Å²) >= 11 is 0. The first-order valence-corrected chi connectivity index (χ1v) is 21.4. The number of halogens is 3. The first-order valence-electron chi connectivity index (χ1n) is 19.9. The van der Waals surface area contributed by atoms with E-state index in [0.29, 0.717) is 17.8 Å². The van der Waals surface area contributed by atoms with Crippen LogP contribution in [0.25, 0.3) is 5.52 Å². The van der Waals surface area contributed by atoms with E-state index in [2.05, 4.69) is 33.0 Å². The Balaban J connectivity index is 1.18. The minimum atomic E-state index is -4.77. The Bertz CT molecular complexity index is 1680. The number of ether oxygens (including phenoxy) is 3. The van der Waals surface area contributed by atoms with Crippen molar-refractivity contribution in [3.05, 3.63) is 47.9 Å². The second kappa shape index (κ2) is 23.2. The summed E-state index contributed by atoms with van der Waals surface area (Å²) in [6.07, 6.45) is 16.5. The molecule has 1 saturated heterocycles. The topological polar surface area (TPSA) is 189 Å². The average molecular weight is 812 g/mol. The number of hydrogen-bond donors (Lipinski definition) is 2. The molecular formula is C38H57F3N7O7P. The predicted octanol–water partition coefficient (Wildman–Crippen LogP) is 8.97. The predicted molar refractivity (Wildman–Crippen MR) is 202 cm³/mol. The van der Waals surface area contributed by atoms with Crippen LogP contribution in [-0.2, 0) is 46.2 Å². The summed E-state index contributed by atoms with van der Waals surface area (Å²) in [6.45, 7) is 1.98. The summed E-state index contributed by atoms with van der Waals surface area (Å²) < 4.78 is 81.3. The molecule has 4 rings (SSSR count). The number of rotatable bonds is 28. The van der Waals surface area contributed by atoms with Gasteiger partial charge < -0.3 is 24.8 Å². The van der Waals surface area contributed by atoms with Crippen molar-refractivity contribution in [2.75, 3.05) is 25.6 Å². The summed E-state index contributed by atoms with van der Waals surface area (Å²) in [5.74, 6) is -1.08. The lowest BCUT2D eigenvalue weighted by Crippen LogP contribution is -2.28. The summed E-state index contributed by atoms with van der Waals surface area (Å²) in [4.78, 5) is 21.2. The lowest BCUT2D eigenvalue weighted by Gasteiger charge is -2.23. The average Bonchev–Trinajstić information content (AvgIpc) is 3.80. The van der Waals surface area contributed by atoms with Gasteiger partial charge in [-0.2, -0.15) is 23.5 Å². The number of nitrogens with two attached hydrogens (primary N) is 1. The van der Waals surface area contributed by atoms with Gasteiger partial charge in [0.2, 0.25) is 5.82 Å². The molecular weight excluding hydrogens is 754 g/mol. The Hall–Kier alpha value is -3.23. The number of nitrogen functional groups attached to an aromatic ring is 1. The Morgan fingerprint density at radius 1 is 0.982 bits per heavy atom. The van der Waals surface area contributed by atoms with Crippen LogP contribution < -0.4 is 5.73 Å². The van der Waals surface area contributed by atoms with Crippen LogP contribution in [0.1, 0.15) is 140 Å². The summed E-state index contributed by atoms with van der Waals surface area (Å²) in [6, 6.07) is 5.38. The van der Waals surface area contributed by atoms with E-state index in [0.717, 1.165) is 31.7 Å². The normalized spacial score (nSPS) is 19.0. The monoisotopic (exact) mass is 811 g/mol. The molecule has 0 spiro atoms. The van der Waals surface area contributed by atoms with Gasteiger partial charge in [0.1, 0.15) is 24.0 Å². The summed E-state index contributed by atoms with van der Waals surface area (Å²) in [5, 5.41) is 14.2. The van der Waals surface area contributed by atoms with Gasteiger partial charge in [0.05, 0.1) is 25.5 Å². The van der Waals surface area contributed by atoms with Gasteiger partial charge in [-0.3, -0.25) is 9.05 Å². The van der Waals surface area contributed by atoms with Crippen molar-refractivity contribution in [1.82, 2.24) is 24.6 Å². The van der Waals surface area contributed by atoms with E-state index >= 15 is 0 Å². The zero-order chi connectivity index (χ0) is 40.3. The highest BCUT2D eigenvalue weighted by atomic mass is 31.2. The number of anilines is 1. The fraction of sp³-hybridized carbons (Fsp3) is 0.711. The largest absolute Gasteiger partial charge is 0.474 e. The molecule has 1 fully saturated rings. The van der Waals surface area contributed by atoms with E-state index in [4.69, 9.17) is 29.0 Å². The van der Waals surface area contributed by atoms with Gasteiger partial charge in [0.15, 0.2) is 17.7 Å². The minimum absolute atomic E-state index is 0.0238. The van der Waals surface area contributed by atoms with Gasteiger partial charge in [0, 0.05) is 37.4 Å². The zero-order valence-corrected chi connectivity index (χ0v) is 33.2. The lowest BCUT2D eigenvalue weighted by atomic mass is 9.98. The first-order chi connectivity index (χ1) is 27.0. The summed E-state index contributed by atoms with van der Waals surface area (Å²) in [7, 11) is -4.77. The summed E-state index contributed by atoms with van der Waals surface area (Å²) in [5.41, 5.74) is 5.45. The Kier molecular flexibility index (Phi) is 18.9. The standard InChI is InChI=1S/C38H57F3N7O7P/c1-2-3-4-5-6-7-8-9-10-11-12-13-14-15-16-17-22-51-26-31(52-25-30-23-44-36(45-24-30)38(39,40)41)27-53-56(49,50)55-34-20-21-37(28-42,54-34)33-19-18-32-35(43)46-29-47-48(32)33/h18-19,23-24,29,31,34H,2-17,20-22,25-27H2,1H3,(H,49,50)(H2,43,46,47)/t31-,34-,37+/m1/s1. The number of phosphoric ester groups is 1. The molecule has 1 aliphatic rings.